The number of nitrogens with zero attached hydrogens (tertiary/aromatic N) is 1. The Bertz CT molecular complexity index is 1050. The van der Waals surface area contributed by atoms with E-state index in [0.717, 1.165) is 44.6 Å². The van der Waals surface area contributed by atoms with Crippen LogP contribution in [0.15, 0.2) is 48.0 Å². The molecule has 4 rings (SSSR count). The van der Waals surface area contributed by atoms with Gasteiger partial charge in [0, 0.05) is 24.6 Å². The Balaban J connectivity index is 1.64. The van der Waals surface area contributed by atoms with E-state index in [1.807, 2.05) is 42.2 Å². The van der Waals surface area contributed by atoms with Gasteiger partial charge >= 0.3 is 0 Å². The lowest BCUT2D eigenvalue weighted by molar-refractivity contribution is -0.0356. The molecule has 35 heavy (non-hydrogen) atoms. The third-order valence-corrected chi connectivity index (χ3v) is 7.09. The summed E-state index contributed by atoms with van der Waals surface area (Å²) in [5.41, 5.74) is 5.86. The Morgan fingerprint density at radius 3 is 2.57 bits per heavy atom. The lowest BCUT2D eigenvalue weighted by Crippen LogP contribution is -2.46. The van der Waals surface area contributed by atoms with Crippen LogP contribution < -0.4 is 9.47 Å². The molecule has 0 N–H and O–H groups in total. The summed E-state index contributed by atoms with van der Waals surface area (Å²) >= 11 is 0. The first-order valence-electron chi connectivity index (χ1n) is 12.6. The van der Waals surface area contributed by atoms with Crippen molar-refractivity contribution >= 4 is 5.57 Å². The summed E-state index contributed by atoms with van der Waals surface area (Å²) in [5.74, 6) is -1.48. The molecule has 1 aliphatic heterocycles. The number of methoxy groups -OCH3 is 1. The Kier molecular flexibility index (Phi) is 8.10. The predicted octanol–water partition coefficient (Wildman–Crippen LogP) is 7.40. The second-order valence-corrected chi connectivity index (χ2v) is 9.89. The van der Waals surface area contributed by atoms with Crippen LogP contribution in [0.2, 0.25) is 0 Å². The van der Waals surface area contributed by atoms with Crippen LogP contribution in [0.5, 0.6) is 11.5 Å². The number of ether oxygens (including phenoxy) is 2. The molecular formula is C29H36F3NO2. The van der Waals surface area contributed by atoms with Crippen LogP contribution in [-0.4, -0.2) is 43.8 Å². The van der Waals surface area contributed by atoms with Gasteiger partial charge in [-0.25, -0.2) is 8.78 Å². The summed E-state index contributed by atoms with van der Waals surface area (Å²) in [6.07, 6.45) is 4.76. The van der Waals surface area contributed by atoms with Crippen molar-refractivity contribution in [3.63, 3.8) is 0 Å². The van der Waals surface area contributed by atoms with Gasteiger partial charge in [-0.3, -0.25) is 9.29 Å². The predicted molar refractivity (Wildman–Crippen MR) is 134 cm³/mol. The standard InChI is InChI=1S/C29H36F3NO2/c1-20-16-25-23-11-7-6-10-21(23)17-26(25)28(33(20)19-29(2,31)32)24-13-12-22(18-27(24)34-3)35-15-9-5-4-8-14-30/h6-7,10-13,18,20,28H,4-5,8-9,14-17,19H2,1-3H3/t20-,28-/m1/s1. The number of unbranched alkanes of at least 4 members (excludes halogenated alkanes) is 3. The molecule has 3 nitrogen and oxygen atoms in total. The maximum atomic E-state index is 14.3. The molecule has 1 heterocycles. The molecule has 1 aliphatic carbocycles. The van der Waals surface area contributed by atoms with E-state index in [-0.39, 0.29) is 25.3 Å². The summed E-state index contributed by atoms with van der Waals surface area (Å²) in [6, 6.07) is 13.8. The zero-order chi connectivity index (χ0) is 25.0. The minimum Gasteiger partial charge on any atom is -0.496 e. The summed E-state index contributed by atoms with van der Waals surface area (Å²) in [4.78, 5) is 1.94. The van der Waals surface area contributed by atoms with E-state index < -0.39 is 5.92 Å². The summed E-state index contributed by atoms with van der Waals surface area (Å²) in [5, 5.41) is 0. The van der Waals surface area contributed by atoms with Gasteiger partial charge in [0.15, 0.2) is 0 Å². The molecule has 0 aromatic heterocycles. The molecule has 0 bridgehead atoms. The van der Waals surface area contributed by atoms with Gasteiger partial charge in [-0.2, -0.15) is 0 Å². The van der Waals surface area contributed by atoms with E-state index in [1.54, 1.807) is 7.11 Å². The Morgan fingerprint density at radius 2 is 1.83 bits per heavy atom. The van der Waals surface area contributed by atoms with E-state index in [2.05, 4.69) is 12.1 Å². The summed E-state index contributed by atoms with van der Waals surface area (Å²) in [6.45, 7) is 2.99. The molecule has 0 amide bonds. The zero-order valence-electron chi connectivity index (χ0n) is 21.0. The quantitative estimate of drug-likeness (QED) is 0.308. The Hall–Kier alpha value is -2.47. The van der Waals surface area contributed by atoms with Gasteiger partial charge in [-0.15, -0.1) is 0 Å². The van der Waals surface area contributed by atoms with Crippen LogP contribution in [0.25, 0.3) is 5.57 Å². The van der Waals surface area contributed by atoms with Crippen LogP contribution in [0.1, 0.15) is 68.7 Å². The van der Waals surface area contributed by atoms with E-state index in [1.165, 1.54) is 22.3 Å². The summed E-state index contributed by atoms with van der Waals surface area (Å²) in [7, 11) is 1.61. The molecule has 0 saturated heterocycles. The normalized spacial score (nSPS) is 20.1. The molecule has 2 aromatic rings. The Morgan fingerprint density at radius 1 is 1.06 bits per heavy atom. The van der Waals surface area contributed by atoms with Crippen molar-refractivity contribution in [3.8, 4) is 11.5 Å². The lowest BCUT2D eigenvalue weighted by Gasteiger charge is -2.43. The fraction of sp³-hybridized carbons (Fsp3) is 0.517. The first-order chi connectivity index (χ1) is 16.8. The minimum atomic E-state index is -2.81. The molecule has 2 aliphatic rings. The zero-order valence-corrected chi connectivity index (χ0v) is 21.0. The number of hydrogen-bond acceptors (Lipinski definition) is 3. The smallest absolute Gasteiger partial charge is 0.257 e. The molecule has 0 fully saturated rings. The molecule has 0 unspecified atom stereocenters. The number of fused-ring (bicyclic) bond motifs is 2. The highest BCUT2D eigenvalue weighted by molar-refractivity contribution is 5.79. The molecule has 190 valence electrons. The highest BCUT2D eigenvalue weighted by atomic mass is 19.3. The molecule has 6 heteroatoms. The molecule has 0 saturated carbocycles. The highest BCUT2D eigenvalue weighted by Crippen LogP contribution is 2.51. The minimum absolute atomic E-state index is 0.0410. The van der Waals surface area contributed by atoms with Gasteiger partial charge in [0.1, 0.15) is 11.5 Å². The van der Waals surface area contributed by atoms with E-state index >= 15 is 0 Å². The number of hydrogen-bond donors (Lipinski definition) is 0. The van der Waals surface area contributed by atoms with Crippen molar-refractivity contribution in [2.75, 3.05) is 26.9 Å². The first kappa shape index (κ1) is 25.6. The average molecular weight is 488 g/mol. The molecule has 0 spiro atoms. The van der Waals surface area contributed by atoms with Crippen molar-refractivity contribution in [2.45, 2.75) is 70.4 Å². The SMILES string of the molecule is COc1cc(OCCCCCCF)ccc1[C@@H]1C2=C(C[C@@H](C)N1CC(C)(F)F)c1ccccc1C2. The Labute approximate surface area is 206 Å². The molecule has 2 aromatic carbocycles. The average Bonchev–Trinajstić information content (AvgIpc) is 3.19. The molecular weight excluding hydrogens is 451 g/mol. The van der Waals surface area contributed by atoms with Crippen molar-refractivity contribution < 1.29 is 22.6 Å². The van der Waals surface area contributed by atoms with Crippen LogP contribution >= 0.6 is 0 Å². The van der Waals surface area contributed by atoms with Gasteiger partial charge in [-0.05, 0) is 73.4 Å². The molecule has 2 atom stereocenters. The van der Waals surface area contributed by atoms with Crippen LogP contribution in [0.4, 0.5) is 13.2 Å². The maximum absolute atomic E-state index is 14.3. The van der Waals surface area contributed by atoms with Crippen molar-refractivity contribution in [1.29, 1.82) is 0 Å². The van der Waals surface area contributed by atoms with E-state index in [4.69, 9.17) is 9.47 Å². The van der Waals surface area contributed by atoms with E-state index in [0.29, 0.717) is 24.5 Å². The van der Waals surface area contributed by atoms with Gasteiger partial charge in [0.2, 0.25) is 0 Å². The van der Waals surface area contributed by atoms with Gasteiger partial charge in [0.05, 0.1) is 33.0 Å². The fourth-order valence-corrected chi connectivity index (χ4v) is 5.51. The summed E-state index contributed by atoms with van der Waals surface area (Å²) < 4.78 is 52.6. The number of rotatable bonds is 11. The largest absolute Gasteiger partial charge is 0.496 e. The monoisotopic (exact) mass is 487 g/mol. The number of alkyl halides is 3. The second kappa shape index (κ2) is 11.1. The number of benzene rings is 2. The van der Waals surface area contributed by atoms with Crippen molar-refractivity contribution in [1.82, 2.24) is 4.90 Å². The molecule has 0 radical (unpaired) electrons. The number of halogens is 3. The topological polar surface area (TPSA) is 21.7 Å². The third kappa shape index (κ3) is 5.85. The van der Waals surface area contributed by atoms with E-state index in [9.17, 15) is 13.2 Å². The van der Waals surface area contributed by atoms with Gasteiger partial charge < -0.3 is 9.47 Å². The van der Waals surface area contributed by atoms with Crippen molar-refractivity contribution in [3.05, 3.63) is 64.7 Å². The van der Waals surface area contributed by atoms with Gasteiger partial charge in [-0.1, -0.05) is 30.7 Å². The van der Waals surface area contributed by atoms with Crippen LogP contribution in [-0.2, 0) is 6.42 Å². The second-order valence-electron chi connectivity index (χ2n) is 9.89. The fourth-order valence-electron chi connectivity index (χ4n) is 5.51. The van der Waals surface area contributed by atoms with Gasteiger partial charge in [0.25, 0.3) is 5.92 Å². The lowest BCUT2D eigenvalue weighted by atomic mass is 9.84. The van der Waals surface area contributed by atoms with Crippen LogP contribution in [0.3, 0.4) is 0 Å². The highest BCUT2D eigenvalue weighted by Gasteiger charge is 2.42. The maximum Gasteiger partial charge on any atom is 0.257 e. The first-order valence-corrected chi connectivity index (χ1v) is 12.6. The van der Waals surface area contributed by atoms with Crippen LogP contribution in [0, 0.1) is 0 Å². The third-order valence-electron chi connectivity index (χ3n) is 7.09. The van der Waals surface area contributed by atoms with Crippen molar-refractivity contribution in [2.24, 2.45) is 0 Å².